The van der Waals surface area contributed by atoms with Gasteiger partial charge >= 0.3 is 12.1 Å². The highest BCUT2D eigenvalue weighted by Crippen LogP contribution is 2.06. The smallest absolute Gasteiger partial charge is 0.407 e. The SMILES string of the molecule is CC(C)(C)OC(=O)CNC(=O)OCCCNc1ccccn1. The fraction of sp³-hybridized carbons (Fsp3) is 0.533. The highest BCUT2D eigenvalue weighted by Gasteiger charge is 2.16. The number of amides is 1. The second-order valence-electron chi connectivity index (χ2n) is 5.57. The summed E-state index contributed by atoms with van der Waals surface area (Å²) in [6.45, 7) is 5.96. The van der Waals surface area contributed by atoms with Crippen molar-refractivity contribution in [2.75, 3.05) is 25.0 Å². The minimum atomic E-state index is -0.635. The van der Waals surface area contributed by atoms with Crippen LogP contribution in [0.25, 0.3) is 0 Å². The monoisotopic (exact) mass is 309 g/mol. The molecule has 0 saturated carbocycles. The zero-order valence-corrected chi connectivity index (χ0v) is 13.2. The van der Waals surface area contributed by atoms with Crippen molar-refractivity contribution >= 4 is 17.9 Å². The lowest BCUT2D eigenvalue weighted by atomic mass is 10.2. The molecule has 7 nitrogen and oxygen atoms in total. The highest BCUT2D eigenvalue weighted by atomic mass is 16.6. The molecule has 0 saturated heterocycles. The van der Waals surface area contributed by atoms with Gasteiger partial charge in [0.15, 0.2) is 0 Å². The van der Waals surface area contributed by atoms with Gasteiger partial charge < -0.3 is 20.1 Å². The normalized spacial score (nSPS) is 10.7. The van der Waals surface area contributed by atoms with E-state index in [4.69, 9.17) is 9.47 Å². The number of aromatic nitrogens is 1. The standard InChI is InChI=1S/C15H23N3O4/c1-15(2,3)22-13(19)11-18-14(20)21-10-6-9-17-12-7-4-5-8-16-12/h4-5,7-8H,6,9-11H2,1-3H3,(H,16,17)(H,18,20). The van der Waals surface area contributed by atoms with Crippen LogP contribution in [0.3, 0.4) is 0 Å². The number of rotatable bonds is 7. The first kappa shape index (κ1) is 17.7. The van der Waals surface area contributed by atoms with Crippen LogP contribution < -0.4 is 10.6 Å². The molecule has 0 unspecified atom stereocenters. The van der Waals surface area contributed by atoms with Crippen molar-refractivity contribution in [1.29, 1.82) is 0 Å². The van der Waals surface area contributed by atoms with Crippen LogP contribution in [0.4, 0.5) is 10.6 Å². The van der Waals surface area contributed by atoms with Crippen LogP contribution in [0, 0.1) is 0 Å². The molecule has 0 fully saturated rings. The molecular weight excluding hydrogens is 286 g/mol. The number of carbonyl (C=O) groups excluding carboxylic acids is 2. The number of hydrogen-bond donors (Lipinski definition) is 2. The third-order valence-corrected chi connectivity index (χ3v) is 2.32. The number of anilines is 1. The largest absolute Gasteiger partial charge is 0.459 e. The summed E-state index contributed by atoms with van der Waals surface area (Å²) in [6, 6.07) is 5.58. The molecule has 0 aliphatic rings. The average Bonchev–Trinajstić information content (AvgIpc) is 2.44. The van der Waals surface area contributed by atoms with E-state index in [1.807, 2.05) is 18.2 Å². The molecule has 122 valence electrons. The van der Waals surface area contributed by atoms with E-state index < -0.39 is 17.7 Å². The lowest BCUT2D eigenvalue weighted by molar-refractivity contribution is -0.153. The maximum atomic E-state index is 11.4. The van der Waals surface area contributed by atoms with Crippen LogP contribution in [-0.2, 0) is 14.3 Å². The van der Waals surface area contributed by atoms with Crippen LogP contribution >= 0.6 is 0 Å². The Balaban J connectivity index is 2.05. The molecule has 1 heterocycles. The summed E-state index contributed by atoms with van der Waals surface area (Å²) in [5.74, 6) is 0.276. The Labute approximate surface area is 130 Å². The second-order valence-corrected chi connectivity index (χ2v) is 5.57. The van der Waals surface area contributed by atoms with Crippen LogP contribution in [0.1, 0.15) is 27.2 Å². The molecule has 7 heteroatoms. The molecule has 1 aromatic heterocycles. The Morgan fingerprint density at radius 1 is 1.27 bits per heavy atom. The van der Waals surface area contributed by atoms with Crippen LogP contribution in [0.5, 0.6) is 0 Å². The number of nitrogens with zero attached hydrogens (tertiary/aromatic N) is 1. The zero-order valence-electron chi connectivity index (χ0n) is 13.2. The van der Waals surface area contributed by atoms with Crippen LogP contribution in [0.15, 0.2) is 24.4 Å². The predicted molar refractivity (Wildman–Crippen MR) is 82.5 cm³/mol. The molecule has 0 aromatic carbocycles. The van der Waals surface area contributed by atoms with Gasteiger partial charge in [-0.15, -0.1) is 0 Å². The summed E-state index contributed by atoms with van der Waals surface area (Å²) in [6.07, 6.45) is 1.70. The summed E-state index contributed by atoms with van der Waals surface area (Å²) in [5, 5.41) is 5.44. The lowest BCUT2D eigenvalue weighted by Gasteiger charge is -2.19. The first-order valence-electron chi connectivity index (χ1n) is 7.14. The zero-order chi connectivity index (χ0) is 16.4. The van der Waals surface area contributed by atoms with Crippen molar-refractivity contribution in [2.24, 2.45) is 0 Å². The van der Waals surface area contributed by atoms with E-state index in [2.05, 4.69) is 15.6 Å². The fourth-order valence-electron chi connectivity index (χ4n) is 1.49. The van der Waals surface area contributed by atoms with Crippen molar-refractivity contribution < 1.29 is 19.1 Å². The first-order valence-corrected chi connectivity index (χ1v) is 7.14. The second kappa shape index (κ2) is 8.86. The molecule has 1 amide bonds. The Kier molecular flexibility index (Phi) is 7.15. The minimum absolute atomic E-state index is 0.206. The van der Waals surface area contributed by atoms with Gasteiger partial charge in [-0.1, -0.05) is 6.07 Å². The van der Waals surface area contributed by atoms with Crippen molar-refractivity contribution in [3.05, 3.63) is 24.4 Å². The molecule has 0 bridgehead atoms. The van der Waals surface area contributed by atoms with Gasteiger partial charge in [0, 0.05) is 12.7 Å². The van der Waals surface area contributed by atoms with E-state index in [0.29, 0.717) is 13.0 Å². The molecule has 0 radical (unpaired) electrons. The number of pyridine rings is 1. The van der Waals surface area contributed by atoms with Crippen molar-refractivity contribution in [3.8, 4) is 0 Å². The Morgan fingerprint density at radius 2 is 2.05 bits per heavy atom. The van der Waals surface area contributed by atoms with Gasteiger partial charge in [-0.3, -0.25) is 4.79 Å². The summed E-state index contributed by atoms with van der Waals surface area (Å²) in [7, 11) is 0. The van der Waals surface area contributed by atoms with E-state index in [1.165, 1.54) is 0 Å². The maximum absolute atomic E-state index is 11.4. The van der Waals surface area contributed by atoms with Crippen LogP contribution in [0.2, 0.25) is 0 Å². The fourth-order valence-corrected chi connectivity index (χ4v) is 1.49. The molecule has 0 aliphatic heterocycles. The van der Waals surface area contributed by atoms with Gasteiger partial charge in [-0.2, -0.15) is 0 Å². The topological polar surface area (TPSA) is 89.5 Å². The summed E-state index contributed by atoms with van der Waals surface area (Å²) < 4.78 is 10.00. The summed E-state index contributed by atoms with van der Waals surface area (Å²) >= 11 is 0. The van der Waals surface area contributed by atoms with Gasteiger partial charge in [0.25, 0.3) is 0 Å². The van der Waals surface area contributed by atoms with Gasteiger partial charge in [0.2, 0.25) is 0 Å². The molecule has 0 spiro atoms. The summed E-state index contributed by atoms with van der Waals surface area (Å²) in [5.41, 5.74) is -0.570. The van der Waals surface area contributed by atoms with E-state index in [-0.39, 0.29) is 13.2 Å². The third kappa shape index (κ3) is 8.78. The van der Waals surface area contributed by atoms with Crippen molar-refractivity contribution in [1.82, 2.24) is 10.3 Å². The number of hydrogen-bond acceptors (Lipinski definition) is 6. The van der Waals surface area contributed by atoms with Crippen molar-refractivity contribution in [3.63, 3.8) is 0 Å². The molecule has 1 rings (SSSR count). The van der Waals surface area contributed by atoms with Gasteiger partial charge in [-0.05, 0) is 39.3 Å². The van der Waals surface area contributed by atoms with E-state index in [9.17, 15) is 9.59 Å². The Hall–Kier alpha value is -2.31. The van der Waals surface area contributed by atoms with Crippen LogP contribution in [-0.4, -0.2) is 42.3 Å². The maximum Gasteiger partial charge on any atom is 0.407 e. The molecular formula is C15H23N3O4. The molecule has 22 heavy (non-hydrogen) atoms. The first-order chi connectivity index (χ1) is 10.4. The molecule has 0 aliphatic carbocycles. The number of alkyl carbamates (subject to hydrolysis) is 1. The third-order valence-electron chi connectivity index (χ3n) is 2.32. The van der Waals surface area contributed by atoms with E-state index in [1.54, 1.807) is 27.0 Å². The predicted octanol–water partition coefficient (Wildman–Crippen LogP) is 1.95. The van der Waals surface area contributed by atoms with E-state index >= 15 is 0 Å². The average molecular weight is 309 g/mol. The quantitative estimate of drug-likeness (QED) is 0.591. The number of esters is 1. The van der Waals surface area contributed by atoms with Gasteiger partial charge in [0.1, 0.15) is 18.0 Å². The van der Waals surface area contributed by atoms with Gasteiger partial charge in [-0.25, -0.2) is 9.78 Å². The number of ether oxygens (including phenoxy) is 2. The molecule has 0 atom stereocenters. The Bertz CT molecular complexity index is 471. The van der Waals surface area contributed by atoms with E-state index in [0.717, 1.165) is 5.82 Å². The lowest BCUT2D eigenvalue weighted by Crippen LogP contribution is -2.35. The highest BCUT2D eigenvalue weighted by molar-refractivity contribution is 5.78. The number of carbonyl (C=O) groups is 2. The van der Waals surface area contributed by atoms with Crippen molar-refractivity contribution in [2.45, 2.75) is 32.8 Å². The molecule has 1 aromatic rings. The van der Waals surface area contributed by atoms with Gasteiger partial charge in [0.05, 0.1) is 6.61 Å². The summed E-state index contributed by atoms with van der Waals surface area (Å²) in [4.78, 5) is 26.9. The molecule has 2 N–H and O–H groups in total. The number of nitrogens with one attached hydrogen (secondary N) is 2. The Morgan fingerprint density at radius 3 is 2.68 bits per heavy atom. The minimum Gasteiger partial charge on any atom is -0.459 e.